The van der Waals surface area contributed by atoms with Crippen LogP contribution in [0.5, 0.6) is 0 Å². The van der Waals surface area contributed by atoms with E-state index in [1.807, 2.05) is 19.1 Å². The fourth-order valence-electron chi connectivity index (χ4n) is 2.53. The number of alkyl halides is 3. The summed E-state index contributed by atoms with van der Waals surface area (Å²) in [4.78, 5) is 4.34. The molecular weight excluding hydrogens is 372 g/mol. The van der Waals surface area contributed by atoms with Gasteiger partial charge in [0.2, 0.25) is 0 Å². The van der Waals surface area contributed by atoms with Crippen LogP contribution < -0.4 is 5.32 Å². The lowest BCUT2D eigenvalue weighted by atomic mass is 10.1. The SMILES string of the molecule is Cc1ccc2cc(NC(c3ccc(Cl)c(Cl)c3)C(F)(F)F)ccc2n1. The number of hydrogen-bond donors (Lipinski definition) is 1. The fraction of sp³-hybridized carbons (Fsp3) is 0.167. The number of aryl methyl sites for hydroxylation is 1. The van der Waals surface area contributed by atoms with Crippen molar-refractivity contribution >= 4 is 39.8 Å². The van der Waals surface area contributed by atoms with Crippen molar-refractivity contribution in [3.8, 4) is 0 Å². The standard InChI is InChI=1S/C18H13Cl2F3N2/c1-10-2-3-11-8-13(5-7-16(11)24-10)25-17(18(21,22)23)12-4-6-14(19)15(20)9-12/h2-9,17,25H,1H3. The first kappa shape index (κ1) is 17.8. The van der Waals surface area contributed by atoms with E-state index >= 15 is 0 Å². The number of aromatic nitrogens is 1. The van der Waals surface area contributed by atoms with E-state index < -0.39 is 12.2 Å². The normalized spacial score (nSPS) is 13.0. The highest BCUT2D eigenvalue weighted by Gasteiger charge is 2.41. The van der Waals surface area contributed by atoms with Crippen LogP contribution in [-0.2, 0) is 0 Å². The molecule has 3 aromatic rings. The summed E-state index contributed by atoms with van der Waals surface area (Å²) in [6.45, 7) is 1.86. The van der Waals surface area contributed by atoms with Gasteiger partial charge in [-0.1, -0.05) is 35.3 Å². The molecule has 0 spiro atoms. The van der Waals surface area contributed by atoms with Crippen molar-refractivity contribution in [2.24, 2.45) is 0 Å². The van der Waals surface area contributed by atoms with Crippen molar-refractivity contribution in [3.05, 3.63) is 69.8 Å². The average Bonchev–Trinajstić information content (AvgIpc) is 2.54. The molecule has 1 heterocycles. The summed E-state index contributed by atoms with van der Waals surface area (Å²) in [6.07, 6.45) is -4.50. The van der Waals surface area contributed by atoms with E-state index in [4.69, 9.17) is 23.2 Å². The van der Waals surface area contributed by atoms with Crippen molar-refractivity contribution in [2.45, 2.75) is 19.1 Å². The van der Waals surface area contributed by atoms with E-state index in [0.717, 1.165) is 16.6 Å². The minimum absolute atomic E-state index is 0.0102. The highest BCUT2D eigenvalue weighted by Crippen LogP contribution is 2.38. The molecule has 0 radical (unpaired) electrons. The van der Waals surface area contributed by atoms with Crippen LogP contribution in [0.1, 0.15) is 17.3 Å². The zero-order chi connectivity index (χ0) is 18.2. The number of benzene rings is 2. The van der Waals surface area contributed by atoms with Crippen molar-refractivity contribution < 1.29 is 13.2 Å². The van der Waals surface area contributed by atoms with Gasteiger partial charge in [0, 0.05) is 16.8 Å². The third-order valence-corrected chi connectivity index (χ3v) is 4.48. The minimum Gasteiger partial charge on any atom is -0.370 e. The van der Waals surface area contributed by atoms with Crippen LogP contribution >= 0.6 is 23.2 Å². The number of hydrogen-bond acceptors (Lipinski definition) is 2. The van der Waals surface area contributed by atoms with Gasteiger partial charge in [-0.15, -0.1) is 0 Å². The fourth-order valence-corrected chi connectivity index (χ4v) is 2.84. The van der Waals surface area contributed by atoms with Gasteiger partial charge in [-0.25, -0.2) is 0 Å². The Morgan fingerprint density at radius 3 is 2.40 bits per heavy atom. The number of anilines is 1. The largest absolute Gasteiger partial charge is 0.412 e. The molecule has 0 fully saturated rings. The molecule has 0 aliphatic carbocycles. The molecule has 1 aromatic heterocycles. The van der Waals surface area contributed by atoms with E-state index in [1.165, 1.54) is 18.2 Å². The Bertz CT molecular complexity index is 926. The molecule has 0 saturated carbocycles. The molecule has 0 amide bonds. The Morgan fingerprint density at radius 1 is 0.960 bits per heavy atom. The number of nitrogens with zero attached hydrogens (tertiary/aromatic N) is 1. The van der Waals surface area contributed by atoms with Crippen LogP contribution in [0, 0.1) is 6.92 Å². The Hall–Kier alpha value is -1.98. The number of fused-ring (bicyclic) bond motifs is 1. The summed E-state index contributed by atoms with van der Waals surface area (Å²) in [5.74, 6) is 0. The Kier molecular flexibility index (Phi) is 4.80. The maximum absolute atomic E-state index is 13.5. The van der Waals surface area contributed by atoms with E-state index in [-0.39, 0.29) is 15.6 Å². The molecule has 0 aliphatic rings. The van der Waals surface area contributed by atoms with Crippen molar-refractivity contribution in [1.29, 1.82) is 0 Å². The van der Waals surface area contributed by atoms with Crippen molar-refractivity contribution in [3.63, 3.8) is 0 Å². The highest BCUT2D eigenvalue weighted by molar-refractivity contribution is 6.42. The Labute approximate surface area is 152 Å². The van der Waals surface area contributed by atoms with Gasteiger partial charge in [0.25, 0.3) is 0 Å². The van der Waals surface area contributed by atoms with Gasteiger partial charge >= 0.3 is 6.18 Å². The maximum Gasteiger partial charge on any atom is 0.412 e. The van der Waals surface area contributed by atoms with Gasteiger partial charge in [-0.2, -0.15) is 13.2 Å². The van der Waals surface area contributed by atoms with E-state index in [1.54, 1.807) is 18.2 Å². The van der Waals surface area contributed by atoms with Crippen molar-refractivity contribution in [1.82, 2.24) is 4.98 Å². The lowest BCUT2D eigenvalue weighted by molar-refractivity contribution is -0.144. The molecule has 0 saturated heterocycles. The Morgan fingerprint density at radius 2 is 1.72 bits per heavy atom. The molecule has 7 heteroatoms. The highest BCUT2D eigenvalue weighted by atomic mass is 35.5. The van der Waals surface area contributed by atoms with Gasteiger partial charge < -0.3 is 5.32 Å². The molecule has 25 heavy (non-hydrogen) atoms. The topological polar surface area (TPSA) is 24.9 Å². The van der Waals surface area contributed by atoms with Gasteiger partial charge in [0.1, 0.15) is 6.04 Å². The quantitative estimate of drug-likeness (QED) is 0.552. The first-order valence-electron chi connectivity index (χ1n) is 7.39. The summed E-state index contributed by atoms with van der Waals surface area (Å²) in [5, 5.41) is 3.57. The zero-order valence-electron chi connectivity index (χ0n) is 13.0. The van der Waals surface area contributed by atoms with Crippen molar-refractivity contribution in [2.75, 3.05) is 5.32 Å². The molecule has 0 bridgehead atoms. The van der Waals surface area contributed by atoms with Crippen LogP contribution in [0.25, 0.3) is 10.9 Å². The molecule has 2 nitrogen and oxygen atoms in total. The summed E-state index contributed by atoms with van der Waals surface area (Å²) in [6, 6.07) is 10.5. The van der Waals surface area contributed by atoms with Crippen LogP contribution in [-0.4, -0.2) is 11.2 Å². The van der Waals surface area contributed by atoms with Gasteiger partial charge in [-0.3, -0.25) is 4.98 Å². The lowest BCUT2D eigenvalue weighted by Gasteiger charge is -2.23. The third kappa shape index (κ3) is 3.99. The predicted molar refractivity (Wildman–Crippen MR) is 95.4 cm³/mol. The first-order chi connectivity index (χ1) is 11.7. The number of halogens is 5. The van der Waals surface area contributed by atoms with E-state index in [0.29, 0.717) is 5.69 Å². The molecule has 0 aliphatic heterocycles. The molecule has 130 valence electrons. The summed E-state index contributed by atoms with van der Waals surface area (Å²) < 4.78 is 40.6. The zero-order valence-corrected chi connectivity index (χ0v) is 14.5. The molecule has 1 unspecified atom stereocenters. The molecule has 1 N–H and O–H groups in total. The van der Waals surface area contributed by atoms with Gasteiger partial charge in [0.05, 0.1) is 15.6 Å². The minimum atomic E-state index is -4.50. The lowest BCUT2D eigenvalue weighted by Crippen LogP contribution is -2.27. The summed E-state index contributed by atoms with van der Waals surface area (Å²) >= 11 is 11.7. The molecule has 1 atom stereocenters. The number of rotatable bonds is 3. The predicted octanol–water partition coefficient (Wildman–Crippen LogP) is 6.57. The second-order valence-corrected chi connectivity index (χ2v) is 6.47. The van der Waals surface area contributed by atoms with E-state index in [9.17, 15) is 13.2 Å². The van der Waals surface area contributed by atoms with Gasteiger partial charge in [-0.05, 0) is 48.9 Å². The average molecular weight is 385 g/mol. The number of nitrogens with one attached hydrogen (secondary N) is 1. The van der Waals surface area contributed by atoms with Crippen LogP contribution in [0.15, 0.2) is 48.5 Å². The van der Waals surface area contributed by atoms with E-state index in [2.05, 4.69) is 10.3 Å². The monoisotopic (exact) mass is 384 g/mol. The third-order valence-electron chi connectivity index (χ3n) is 3.74. The van der Waals surface area contributed by atoms with Crippen LogP contribution in [0.4, 0.5) is 18.9 Å². The molecule has 3 rings (SSSR count). The number of pyridine rings is 1. The maximum atomic E-state index is 13.5. The summed E-state index contributed by atoms with van der Waals surface area (Å²) in [5.41, 5.74) is 1.90. The van der Waals surface area contributed by atoms with Gasteiger partial charge in [0.15, 0.2) is 0 Å². The first-order valence-corrected chi connectivity index (χ1v) is 8.15. The Balaban J connectivity index is 1.98. The molecule has 2 aromatic carbocycles. The summed E-state index contributed by atoms with van der Waals surface area (Å²) in [7, 11) is 0. The molecular formula is C18H13Cl2F3N2. The second-order valence-electron chi connectivity index (χ2n) is 5.65. The van der Waals surface area contributed by atoms with Crippen LogP contribution in [0.2, 0.25) is 10.0 Å². The second kappa shape index (κ2) is 6.73. The smallest absolute Gasteiger partial charge is 0.370 e. The van der Waals surface area contributed by atoms with Crippen LogP contribution in [0.3, 0.4) is 0 Å².